The summed E-state index contributed by atoms with van der Waals surface area (Å²) < 4.78 is 0. The first-order chi connectivity index (χ1) is 9.31. The van der Waals surface area contributed by atoms with Crippen LogP contribution in [0.25, 0.3) is 0 Å². The number of halogens is 1. The van der Waals surface area contributed by atoms with Gasteiger partial charge in [0, 0.05) is 18.3 Å². The summed E-state index contributed by atoms with van der Waals surface area (Å²) in [5.41, 5.74) is 6.61. The Morgan fingerprint density at radius 3 is 2.55 bits per heavy atom. The minimum Gasteiger partial charge on any atom is -0.398 e. The molecule has 20 heavy (non-hydrogen) atoms. The van der Waals surface area contributed by atoms with E-state index in [0.717, 1.165) is 13.0 Å². The molecule has 0 aliphatic rings. The highest BCUT2D eigenvalue weighted by atomic mass is 35.5. The van der Waals surface area contributed by atoms with E-state index in [1.807, 2.05) is 14.1 Å². The van der Waals surface area contributed by atoms with Crippen molar-refractivity contribution in [1.29, 1.82) is 0 Å². The molecule has 3 N–H and O–H groups in total. The Bertz CT molecular complexity index is 430. The number of carbonyl (C=O) groups excluding carboxylic acids is 1. The summed E-state index contributed by atoms with van der Waals surface area (Å²) in [7, 11) is 3.98. The number of nitrogens with two attached hydrogens (primary N) is 1. The summed E-state index contributed by atoms with van der Waals surface area (Å²) in [6.07, 6.45) is 0.911. The van der Waals surface area contributed by atoms with E-state index >= 15 is 0 Å². The molecular weight excluding hydrogens is 274 g/mol. The van der Waals surface area contributed by atoms with Crippen LogP contribution in [0.1, 0.15) is 30.6 Å². The molecule has 1 amide bonds. The maximum Gasteiger partial charge on any atom is 0.255 e. The zero-order valence-electron chi connectivity index (χ0n) is 12.6. The second-order valence-corrected chi connectivity index (χ2v) is 6.17. The van der Waals surface area contributed by atoms with Crippen LogP contribution in [-0.4, -0.2) is 37.5 Å². The van der Waals surface area contributed by atoms with Gasteiger partial charge in [0.25, 0.3) is 5.91 Å². The highest BCUT2D eigenvalue weighted by Crippen LogP contribution is 2.22. The number of amides is 1. The lowest BCUT2D eigenvalue weighted by Crippen LogP contribution is -2.42. The van der Waals surface area contributed by atoms with E-state index in [9.17, 15) is 4.79 Å². The van der Waals surface area contributed by atoms with Gasteiger partial charge in [-0.05, 0) is 38.6 Å². The predicted octanol–water partition coefficient (Wildman–Crippen LogP) is 2.63. The number of hydrogen-bond acceptors (Lipinski definition) is 3. The summed E-state index contributed by atoms with van der Waals surface area (Å²) in [4.78, 5) is 14.4. The SMILES string of the molecule is CC(C)CC(CN(C)C)NC(=O)c1c(N)cccc1Cl. The maximum absolute atomic E-state index is 12.4. The molecule has 112 valence electrons. The van der Waals surface area contributed by atoms with Crippen LogP contribution in [0.5, 0.6) is 0 Å². The van der Waals surface area contributed by atoms with Crippen molar-refractivity contribution >= 4 is 23.2 Å². The molecule has 0 radical (unpaired) electrons. The molecule has 1 aromatic rings. The van der Waals surface area contributed by atoms with E-state index in [1.54, 1.807) is 18.2 Å². The average Bonchev–Trinajstić information content (AvgIpc) is 2.26. The van der Waals surface area contributed by atoms with Gasteiger partial charge in [-0.2, -0.15) is 0 Å². The Hall–Kier alpha value is -1.26. The second kappa shape index (κ2) is 7.50. The van der Waals surface area contributed by atoms with Crippen LogP contribution in [0, 0.1) is 5.92 Å². The topological polar surface area (TPSA) is 58.4 Å². The van der Waals surface area contributed by atoms with Crippen molar-refractivity contribution in [1.82, 2.24) is 10.2 Å². The first-order valence-corrected chi connectivity index (χ1v) is 7.18. The molecule has 4 nitrogen and oxygen atoms in total. The van der Waals surface area contributed by atoms with Crippen molar-refractivity contribution in [2.45, 2.75) is 26.3 Å². The lowest BCUT2D eigenvalue weighted by Gasteiger charge is -2.24. The largest absolute Gasteiger partial charge is 0.398 e. The number of nitrogen functional groups attached to an aromatic ring is 1. The number of nitrogens with zero attached hydrogens (tertiary/aromatic N) is 1. The Morgan fingerprint density at radius 2 is 2.05 bits per heavy atom. The van der Waals surface area contributed by atoms with Gasteiger partial charge in [0.15, 0.2) is 0 Å². The highest BCUT2D eigenvalue weighted by molar-refractivity contribution is 6.34. The Balaban J connectivity index is 2.84. The number of benzene rings is 1. The van der Waals surface area contributed by atoms with Gasteiger partial charge in [-0.25, -0.2) is 0 Å². The van der Waals surface area contributed by atoms with Crippen molar-refractivity contribution in [2.24, 2.45) is 5.92 Å². The average molecular weight is 298 g/mol. The summed E-state index contributed by atoms with van der Waals surface area (Å²) in [5, 5.41) is 3.42. The molecule has 0 saturated heterocycles. The molecule has 5 heteroatoms. The number of rotatable bonds is 6. The van der Waals surface area contributed by atoms with Crippen molar-refractivity contribution in [3.05, 3.63) is 28.8 Å². The van der Waals surface area contributed by atoms with Crippen molar-refractivity contribution < 1.29 is 4.79 Å². The van der Waals surface area contributed by atoms with Crippen molar-refractivity contribution in [3.63, 3.8) is 0 Å². The van der Waals surface area contributed by atoms with Gasteiger partial charge in [0.05, 0.1) is 10.6 Å². The van der Waals surface area contributed by atoms with Gasteiger partial charge >= 0.3 is 0 Å². The first kappa shape index (κ1) is 16.8. The van der Waals surface area contributed by atoms with E-state index in [1.165, 1.54) is 0 Å². The molecule has 1 aromatic carbocycles. The zero-order valence-corrected chi connectivity index (χ0v) is 13.4. The summed E-state index contributed by atoms with van der Waals surface area (Å²) >= 11 is 6.07. The Kier molecular flexibility index (Phi) is 6.30. The van der Waals surface area contributed by atoms with E-state index in [0.29, 0.717) is 22.2 Å². The number of hydrogen-bond donors (Lipinski definition) is 2. The summed E-state index contributed by atoms with van der Waals surface area (Å²) in [5.74, 6) is 0.296. The lowest BCUT2D eigenvalue weighted by atomic mass is 10.0. The van der Waals surface area contributed by atoms with Crippen LogP contribution in [0.2, 0.25) is 5.02 Å². The van der Waals surface area contributed by atoms with Gasteiger partial charge in [0.1, 0.15) is 0 Å². The number of anilines is 1. The molecule has 1 unspecified atom stereocenters. The molecule has 0 saturated carbocycles. The maximum atomic E-state index is 12.4. The molecule has 0 fully saturated rings. The number of likely N-dealkylation sites (N-methyl/N-ethyl adjacent to an activating group) is 1. The van der Waals surface area contributed by atoms with Crippen LogP contribution in [0.3, 0.4) is 0 Å². The molecule has 1 atom stereocenters. The third-order valence-corrected chi connectivity index (χ3v) is 3.26. The van der Waals surface area contributed by atoms with Crippen LogP contribution in [0.15, 0.2) is 18.2 Å². The Morgan fingerprint density at radius 1 is 1.40 bits per heavy atom. The zero-order chi connectivity index (χ0) is 15.3. The molecule has 0 spiro atoms. The molecule has 0 aliphatic heterocycles. The molecule has 0 aliphatic carbocycles. The van der Waals surface area contributed by atoms with Gasteiger partial charge in [-0.3, -0.25) is 4.79 Å². The lowest BCUT2D eigenvalue weighted by molar-refractivity contribution is 0.0925. The monoisotopic (exact) mass is 297 g/mol. The smallest absolute Gasteiger partial charge is 0.255 e. The summed E-state index contributed by atoms with van der Waals surface area (Å²) in [6.45, 7) is 5.06. The highest BCUT2D eigenvalue weighted by Gasteiger charge is 2.19. The number of nitrogens with one attached hydrogen (secondary N) is 1. The molecular formula is C15H24ClN3O. The molecule has 0 heterocycles. The Labute approximate surface area is 126 Å². The van der Waals surface area contributed by atoms with Crippen LogP contribution >= 0.6 is 11.6 Å². The molecule has 0 aromatic heterocycles. The van der Waals surface area contributed by atoms with Crippen molar-refractivity contribution in [3.8, 4) is 0 Å². The fraction of sp³-hybridized carbons (Fsp3) is 0.533. The molecule has 1 rings (SSSR count). The van der Waals surface area contributed by atoms with Gasteiger partial charge in [0.2, 0.25) is 0 Å². The van der Waals surface area contributed by atoms with E-state index in [2.05, 4.69) is 24.1 Å². The van der Waals surface area contributed by atoms with Crippen LogP contribution < -0.4 is 11.1 Å². The second-order valence-electron chi connectivity index (χ2n) is 5.77. The minimum atomic E-state index is -0.208. The normalized spacial score (nSPS) is 12.8. The standard InChI is InChI=1S/C15H24ClN3O/c1-10(2)8-11(9-19(3)4)18-15(20)14-12(16)6-5-7-13(14)17/h5-7,10-11H,8-9,17H2,1-4H3,(H,18,20). The van der Waals surface area contributed by atoms with Crippen LogP contribution in [0.4, 0.5) is 5.69 Å². The third kappa shape index (κ3) is 5.02. The van der Waals surface area contributed by atoms with E-state index in [-0.39, 0.29) is 11.9 Å². The van der Waals surface area contributed by atoms with Gasteiger partial charge < -0.3 is 16.0 Å². The van der Waals surface area contributed by atoms with Gasteiger partial charge in [-0.1, -0.05) is 31.5 Å². The van der Waals surface area contributed by atoms with Crippen molar-refractivity contribution in [2.75, 3.05) is 26.4 Å². The van der Waals surface area contributed by atoms with Crippen LogP contribution in [-0.2, 0) is 0 Å². The predicted molar refractivity (Wildman–Crippen MR) is 85.1 cm³/mol. The van der Waals surface area contributed by atoms with E-state index in [4.69, 9.17) is 17.3 Å². The van der Waals surface area contributed by atoms with Gasteiger partial charge in [-0.15, -0.1) is 0 Å². The third-order valence-electron chi connectivity index (χ3n) is 2.95. The minimum absolute atomic E-state index is 0.0770. The fourth-order valence-corrected chi connectivity index (χ4v) is 2.49. The van der Waals surface area contributed by atoms with E-state index < -0.39 is 0 Å². The summed E-state index contributed by atoms with van der Waals surface area (Å²) in [6, 6.07) is 5.17. The quantitative estimate of drug-likeness (QED) is 0.794. The number of carbonyl (C=O) groups is 1. The first-order valence-electron chi connectivity index (χ1n) is 6.80. The molecule has 0 bridgehead atoms. The fourth-order valence-electron chi connectivity index (χ4n) is 2.23.